The summed E-state index contributed by atoms with van der Waals surface area (Å²) in [5.41, 5.74) is 6.19. The average molecular weight is 367 g/mol. The van der Waals surface area contributed by atoms with Crippen molar-refractivity contribution < 1.29 is 0 Å². The average Bonchev–Trinajstić information content (AvgIpc) is 3.03. The lowest BCUT2D eigenvalue weighted by atomic mass is 9.68. The SMILES string of the molecule is C=CC1c2ccc(-c3ccccc3)cc2N2c3ncccc3N(C)C2C1(C)C. The van der Waals surface area contributed by atoms with Gasteiger partial charge in [-0.25, -0.2) is 4.98 Å². The first kappa shape index (κ1) is 17.1. The third-order valence-electron chi connectivity index (χ3n) is 6.42. The fraction of sp³-hybridized carbons (Fsp3) is 0.240. The normalized spacial score (nSPS) is 21.7. The lowest BCUT2D eigenvalue weighted by Gasteiger charge is -2.50. The van der Waals surface area contributed by atoms with Crippen molar-refractivity contribution in [1.82, 2.24) is 4.98 Å². The van der Waals surface area contributed by atoms with Crippen LogP contribution in [0.5, 0.6) is 0 Å². The topological polar surface area (TPSA) is 19.4 Å². The van der Waals surface area contributed by atoms with Gasteiger partial charge in [-0.15, -0.1) is 6.58 Å². The Morgan fingerprint density at radius 1 is 0.964 bits per heavy atom. The summed E-state index contributed by atoms with van der Waals surface area (Å²) in [7, 11) is 2.18. The third kappa shape index (κ3) is 2.19. The largest absolute Gasteiger partial charge is 0.350 e. The maximum atomic E-state index is 4.77. The van der Waals surface area contributed by atoms with E-state index in [4.69, 9.17) is 4.98 Å². The third-order valence-corrected chi connectivity index (χ3v) is 6.42. The molecule has 2 atom stereocenters. The minimum atomic E-state index is -0.0154. The molecule has 0 radical (unpaired) electrons. The van der Waals surface area contributed by atoms with E-state index in [0.29, 0.717) is 0 Å². The zero-order valence-corrected chi connectivity index (χ0v) is 16.6. The summed E-state index contributed by atoms with van der Waals surface area (Å²) in [4.78, 5) is 9.57. The van der Waals surface area contributed by atoms with Crippen LogP contribution in [0, 0.1) is 5.41 Å². The molecule has 2 aliphatic heterocycles. The smallest absolute Gasteiger partial charge is 0.158 e. The van der Waals surface area contributed by atoms with E-state index in [1.54, 1.807) is 0 Å². The second-order valence-electron chi connectivity index (χ2n) is 8.38. The Labute approximate surface area is 167 Å². The Morgan fingerprint density at radius 2 is 1.75 bits per heavy atom. The highest BCUT2D eigenvalue weighted by Crippen LogP contribution is 2.58. The van der Waals surface area contributed by atoms with Gasteiger partial charge in [0.1, 0.15) is 6.17 Å². The summed E-state index contributed by atoms with van der Waals surface area (Å²) in [5.74, 6) is 1.31. The zero-order valence-electron chi connectivity index (χ0n) is 16.6. The van der Waals surface area contributed by atoms with Crippen molar-refractivity contribution in [2.75, 3.05) is 16.8 Å². The van der Waals surface area contributed by atoms with Crippen molar-refractivity contribution in [2.45, 2.75) is 25.9 Å². The van der Waals surface area contributed by atoms with Crippen LogP contribution in [0.1, 0.15) is 25.3 Å². The van der Waals surface area contributed by atoms with Crippen molar-refractivity contribution in [3.8, 4) is 11.1 Å². The summed E-state index contributed by atoms with van der Waals surface area (Å²) in [6.45, 7) is 8.88. The molecule has 0 amide bonds. The summed E-state index contributed by atoms with van der Waals surface area (Å²) >= 11 is 0. The molecule has 0 fully saturated rings. The second kappa shape index (κ2) is 5.96. The molecule has 0 saturated heterocycles. The van der Waals surface area contributed by atoms with Crippen LogP contribution < -0.4 is 9.80 Å². The summed E-state index contributed by atoms with van der Waals surface area (Å²) in [5, 5.41) is 0. The Morgan fingerprint density at radius 3 is 2.50 bits per heavy atom. The van der Waals surface area contributed by atoms with Crippen LogP contribution in [-0.4, -0.2) is 18.2 Å². The molecule has 0 N–H and O–H groups in total. The minimum Gasteiger partial charge on any atom is -0.350 e. The number of rotatable bonds is 2. The highest BCUT2D eigenvalue weighted by Gasteiger charge is 2.52. The van der Waals surface area contributed by atoms with E-state index in [-0.39, 0.29) is 17.5 Å². The quantitative estimate of drug-likeness (QED) is 0.520. The van der Waals surface area contributed by atoms with Crippen LogP contribution >= 0.6 is 0 Å². The Bertz CT molecular complexity index is 1050. The minimum absolute atomic E-state index is 0.0154. The van der Waals surface area contributed by atoms with Gasteiger partial charge in [0.2, 0.25) is 0 Å². The monoisotopic (exact) mass is 367 g/mol. The van der Waals surface area contributed by atoms with E-state index >= 15 is 0 Å². The van der Waals surface area contributed by atoms with E-state index in [1.165, 1.54) is 28.1 Å². The zero-order chi connectivity index (χ0) is 19.5. The molecule has 140 valence electrons. The molecule has 2 aromatic carbocycles. The van der Waals surface area contributed by atoms with Crippen molar-refractivity contribution in [2.24, 2.45) is 5.41 Å². The van der Waals surface area contributed by atoms with Gasteiger partial charge in [0.25, 0.3) is 0 Å². The van der Waals surface area contributed by atoms with Gasteiger partial charge in [0, 0.05) is 30.3 Å². The first-order chi connectivity index (χ1) is 13.5. The van der Waals surface area contributed by atoms with Crippen LogP contribution in [0.15, 0.2) is 79.5 Å². The lowest BCUT2D eigenvalue weighted by Crippen LogP contribution is -2.54. The van der Waals surface area contributed by atoms with Crippen LogP contribution in [-0.2, 0) is 0 Å². The number of anilines is 3. The molecular formula is C25H25N3. The number of benzene rings is 2. The van der Waals surface area contributed by atoms with Gasteiger partial charge in [-0.3, -0.25) is 0 Å². The molecule has 1 aromatic heterocycles. The molecule has 3 nitrogen and oxygen atoms in total. The lowest BCUT2D eigenvalue weighted by molar-refractivity contribution is 0.244. The first-order valence-corrected chi connectivity index (χ1v) is 9.83. The number of allylic oxidation sites excluding steroid dienone is 1. The fourth-order valence-electron chi connectivity index (χ4n) is 5.17. The number of hydrogen-bond donors (Lipinski definition) is 0. The predicted octanol–water partition coefficient (Wildman–Crippen LogP) is 5.97. The molecular weight excluding hydrogens is 342 g/mol. The number of aromatic nitrogens is 1. The van der Waals surface area contributed by atoms with Gasteiger partial charge in [0.05, 0.1) is 5.69 Å². The Balaban J connectivity index is 1.78. The fourth-order valence-corrected chi connectivity index (χ4v) is 5.17. The molecule has 2 aliphatic rings. The number of pyridine rings is 1. The molecule has 3 heterocycles. The van der Waals surface area contributed by atoms with E-state index in [0.717, 1.165) is 5.82 Å². The molecule has 5 rings (SSSR count). The summed E-state index contributed by atoms with van der Waals surface area (Å²) in [6, 6.07) is 21.6. The van der Waals surface area contributed by atoms with Gasteiger partial charge in [0.15, 0.2) is 5.82 Å². The molecule has 3 aromatic rings. The van der Waals surface area contributed by atoms with Gasteiger partial charge < -0.3 is 9.80 Å². The molecule has 3 heteroatoms. The van der Waals surface area contributed by atoms with Crippen molar-refractivity contribution in [3.05, 3.63) is 85.1 Å². The summed E-state index contributed by atoms with van der Waals surface area (Å²) in [6.07, 6.45) is 4.20. The standard InChI is InChI=1S/C25H25N3/c1-5-20-19-14-13-18(17-10-7-6-8-11-17)16-22(19)28-23-21(12-9-15-26-23)27(4)24(28)25(20,2)3/h5-16,20,24H,1H2,2-4H3. The molecule has 0 spiro atoms. The van der Waals surface area contributed by atoms with Crippen molar-refractivity contribution in [1.29, 1.82) is 0 Å². The van der Waals surface area contributed by atoms with E-state index < -0.39 is 0 Å². The maximum Gasteiger partial charge on any atom is 0.158 e. The second-order valence-corrected chi connectivity index (χ2v) is 8.38. The number of fused-ring (bicyclic) bond motifs is 5. The Hall–Kier alpha value is -3.07. The van der Waals surface area contributed by atoms with Crippen molar-refractivity contribution in [3.63, 3.8) is 0 Å². The van der Waals surface area contributed by atoms with Crippen molar-refractivity contribution >= 4 is 17.2 Å². The van der Waals surface area contributed by atoms with Gasteiger partial charge in [-0.05, 0) is 34.9 Å². The first-order valence-electron chi connectivity index (χ1n) is 9.83. The van der Waals surface area contributed by atoms with Gasteiger partial charge >= 0.3 is 0 Å². The van der Waals surface area contributed by atoms with Gasteiger partial charge in [-0.2, -0.15) is 0 Å². The predicted molar refractivity (Wildman–Crippen MR) is 117 cm³/mol. The number of nitrogens with zero attached hydrogens (tertiary/aromatic N) is 3. The molecule has 2 unspecified atom stereocenters. The molecule has 28 heavy (non-hydrogen) atoms. The maximum absolute atomic E-state index is 4.77. The highest BCUT2D eigenvalue weighted by molar-refractivity contribution is 5.85. The van der Waals surface area contributed by atoms with Gasteiger partial charge in [-0.1, -0.05) is 62.4 Å². The van der Waals surface area contributed by atoms with Crippen LogP contribution in [0.4, 0.5) is 17.2 Å². The van der Waals surface area contributed by atoms with Crippen LogP contribution in [0.3, 0.4) is 0 Å². The molecule has 0 saturated carbocycles. The van der Waals surface area contributed by atoms with E-state index in [1.807, 2.05) is 12.3 Å². The molecule has 0 bridgehead atoms. The summed E-state index contributed by atoms with van der Waals surface area (Å²) < 4.78 is 0. The highest BCUT2D eigenvalue weighted by atomic mass is 15.4. The number of hydrogen-bond acceptors (Lipinski definition) is 3. The van der Waals surface area contributed by atoms with Crippen LogP contribution in [0.25, 0.3) is 11.1 Å². The van der Waals surface area contributed by atoms with E-state index in [2.05, 4.69) is 97.9 Å². The molecule has 0 aliphatic carbocycles. The Kier molecular flexibility index (Phi) is 3.63. The van der Waals surface area contributed by atoms with E-state index in [9.17, 15) is 0 Å². The van der Waals surface area contributed by atoms with Crippen LogP contribution in [0.2, 0.25) is 0 Å².